The third kappa shape index (κ3) is 4.08. The van der Waals surface area contributed by atoms with Gasteiger partial charge in [0.2, 0.25) is 0 Å². The first-order valence-electron chi connectivity index (χ1n) is 6.97. The molecule has 1 amide bonds. The SMILES string of the molecule is CN(C)[C@H](CNC(=O)c1cc(Br)ccc1O)c1ccccc1. The molecule has 2 aromatic rings. The normalized spacial score (nSPS) is 12.2. The van der Waals surface area contributed by atoms with Crippen molar-refractivity contribution >= 4 is 21.8 Å². The van der Waals surface area contributed by atoms with E-state index in [1.165, 1.54) is 6.07 Å². The molecule has 0 aromatic heterocycles. The van der Waals surface area contributed by atoms with Crippen molar-refractivity contribution in [2.75, 3.05) is 20.6 Å². The summed E-state index contributed by atoms with van der Waals surface area (Å²) in [5, 5.41) is 12.7. The molecule has 1 atom stereocenters. The van der Waals surface area contributed by atoms with E-state index < -0.39 is 0 Å². The summed E-state index contributed by atoms with van der Waals surface area (Å²) in [6.45, 7) is 0.460. The number of likely N-dealkylation sites (N-methyl/N-ethyl adjacent to an activating group) is 1. The second-order valence-electron chi connectivity index (χ2n) is 5.26. The average molecular weight is 363 g/mol. The van der Waals surface area contributed by atoms with Gasteiger partial charge in [0.15, 0.2) is 0 Å². The van der Waals surface area contributed by atoms with Gasteiger partial charge in [-0.25, -0.2) is 0 Å². The maximum Gasteiger partial charge on any atom is 0.255 e. The molecule has 2 N–H and O–H groups in total. The number of carbonyl (C=O) groups is 1. The van der Waals surface area contributed by atoms with Gasteiger partial charge in [-0.2, -0.15) is 0 Å². The van der Waals surface area contributed by atoms with Crippen LogP contribution in [-0.4, -0.2) is 36.6 Å². The Bertz CT molecular complexity index is 644. The summed E-state index contributed by atoms with van der Waals surface area (Å²) in [6.07, 6.45) is 0. The van der Waals surface area contributed by atoms with E-state index in [4.69, 9.17) is 0 Å². The minimum atomic E-state index is -0.290. The fraction of sp³-hybridized carbons (Fsp3) is 0.235. The van der Waals surface area contributed by atoms with Crippen LogP contribution in [0.1, 0.15) is 22.0 Å². The van der Waals surface area contributed by atoms with Crippen LogP contribution in [-0.2, 0) is 0 Å². The quantitative estimate of drug-likeness (QED) is 0.858. The highest BCUT2D eigenvalue weighted by atomic mass is 79.9. The second kappa shape index (κ2) is 7.42. The lowest BCUT2D eigenvalue weighted by atomic mass is 10.1. The highest BCUT2D eigenvalue weighted by Gasteiger charge is 2.17. The summed E-state index contributed by atoms with van der Waals surface area (Å²) in [5.41, 5.74) is 1.39. The third-order valence-corrected chi connectivity index (χ3v) is 3.96. The van der Waals surface area contributed by atoms with Crippen molar-refractivity contribution < 1.29 is 9.90 Å². The molecule has 2 aromatic carbocycles. The molecule has 0 saturated carbocycles. The van der Waals surface area contributed by atoms with Crippen LogP contribution in [0.25, 0.3) is 0 Å². The van der Waals surface area contributed by atoms with Crippen LogP contribution >= 0.6 is 15.9 Å². The van der Waals surface area contributed by atoms with Gasteiger partial charge in [-0.3, -0.25) is 4.79 Å². The summed E-state index contributed by atoms with van der Waals surface area (Å²) < 4.78 is 0.752. The molecule has 116 valence electrons. The summed E-state index contributed by atoms with van der Waals surface area (Å²) in [5.74, 6) is -0.316. The van der Waals surface area contributed by atoms with Crippen molar-refractivity contribution in [1.29, 1.82) is 0 Å². The Hall–Kier alpha value is -1.85. The van der Waals surface area contributed by atoms with Crippen molar-refractivity contribution in [2.45, 2.75) is 6.04 Å². The Kier molecular flexibility index (Phi) is 5.57. The fourth-order valence-electron chi connectivity index (χ4n) is 2.25. The highest BCUT2D eigenvalue weighted by molar-refractivity contribution is 9.10. The largest absolute Gasteiger partial charge is 0.507 e. The van der Waals surface area contributed by atoms with Gasteiger partial charge < -0.3 is 15.3 Å². The van der Waals surface area contributed by atoms with E-state index in [-0.39, 0.29) is 23.3 Å². The van der Waals surface area contributed by atoms with Gasteiger partial charge in [-0.05, 0) is 37.9 Å². The topological polar surface area (TPSA) is 52.6 Å². The van der Waals surface area contributed by atoms with Gasteiger partial charge in [0, 0.05) is 11.0 Å². The number of amides is 1. The van der Waals surface area contributed by atoms with Crippen LogP contribution in [0, 0.1) is 0 Å². The van der Waals surface area contributed by atoms with Gasteiger partial charge in [0.05, 0.1) is 11.6 Å². The van der Waals surface area contributed by atoms with Crippen molar-refractivity contribution in [3.05, 3.63) is 64.1 Å². The van der Waals surface area contributed by atoms with Gasteiger partial charge in [0.25, 0.3) is 5.91 Å². The van der Waals surface area contributed by atoms with E-state index >= 15 is 0 Å². The summed E-state index contributed by atoms with van der Waals surface area (Å²) in [4.78, 5) is 14.3. The smallest absolute Gasteiger partial charge is 0.255 e. The molecule has 4 nitrogen and oxygen atoms in total. The number of benzene rings is 2. The van der Waals surface area contributed by atoms with E-state index in [0.29, 0.717) is 6.54 Å². The monoisotopic (exact) mass is 362 g/mol. The van der Waals surface area contributed by atoms with Crippen molar-refractivity contribution in [2.24, 2.45) is 0 Å². The van der Waals surface area contributed by atoms with E-state index in [9.17, 15) is 9.90 Å². The van der Waals surface area contributed by atoms with Crippen molar-refractivity contribution in [1.82, 2.24) is 10.2 Å². The third-order valence-electron chi connectivity index (χ3n) is 3.47. The first-order valence-corrected chi connectivity index (χ1v) is 7.76. The molecule has 0 aliphatic heterocycles. The zero-order chi connectivity index (χ0) is 16.1. The van der Waals surface area contributed by atoms with Crippen LogP contribution in [0.2, 0.25) is 0 Å². The molecule has 0 unspecified atom stereocenters. The summed E-state index contributed by atoms with van der Waals surface area (Å²) in [6, 6.07) is 14.9. The lowest BCUT2D eigenvalue weighted by Crippen LogP contribution is -2.34. The number of hydrogen-bond donors (Lipinski definition) is 2. The molecule has 0 bridgehead atoms. The summed E-state index contributed by atoms with van der Waals surface area (Å²) >= 11 is 3.31. The molecule has 0 fully saturated rings. The molecule has 0 saturated heterocycles. The van der Waals surface area contributed by atoms with E-state index in [1.54, 1.807) is 12.1 Å². The fourth-order valence-corrected chi connectivity index (χ4v) is 2.61. The molecular formula is C17H19BrN2O2. The van der Waals surface area contributed by atoms with Gasteiger partial charge in [-0.1, -0.05) is 46.3 Å². The number of carbonyl (C=O) groups excluding carboxylic acids is 1. The molecule has 5 heteroatoms. The zero-order valence-electron chi connectivity index (χ0n) is 12.6. The van der Waals surface area contributed by atoms with E-state index in [0.717, 1.165) is 10.0 Å². The van der Waals surface area contributed by atoms with Gasteiger partial charge >= 0.3 is 0 Å². The Balaban J connectivity index is 2.10. The Morgan fingerprint density at radius 3 is 2.55 bits per heavy atom. The van der Waals surface area contributed by atoms with Crippen molar-refractivity contribution in [3.8, 4) is 5.75 Å². The molecule has 0 heterocycles. The Morgan fingerprint density at radius 2 is 1.91 bits per heavy atom. The number of phenols is 1. The number of nitrogens with zero attached hydrogens (tertiary/aromatic N) is 1. The number of hydrogen-bond acceptors (Lipinski definition) is 3. The highest BCUT2D eigenvalue weighted by Crippen LogP contribution is 2.22. The number of halogens is 1. The van der Waals surface area contributed by atoms with Crippen LogP contribution in [0.5, 0.6) is 5.75 Å². The predicted molar refractivity (Wildman–Crippen MR) is 91.0 cm³/mol. The molecule has 22 heavy (non-hydrogen) atoms. The van der Waals surface area contributed by atoms with E-state index in [2.05, 4.69) is 26.1 Å². The molecule has 2 rings (SSSR count). The minimum Gasteiger partial charge on any atom is -0.507 e. The Labute approximate surface area is 138 Å². The van der Waals surface area contributed by atoms with Crippen LogP contribution in [0.4, 0.5) is 0 Å². The molecular weight excluding hydrogens is 344 g/mol. The second-order valence-corrected chi connectivity index (χ2v) is 6.18. The van der Waals surface area contributed by atoms with Gasteiger partial charge in [0.1, 0.15) is 5.75 Å². The maximum absolute atomic E-state index is 12.3. The number of phenolic OH excluding ortho intramolecular Hbond substituents is 1. The predicted octanol–water partition coefficient (Wildman–Crippen LogP) is 3.19. The molecule has 0 aliphatic rings. The Morgan fingerprint density at radius 1 is 1.23 bits per heavy atom. The number of aromatic hydroxyl groups is 1. The zero-order valence-corrected chi connectivity index (χ0v) is 14.2. The maximum atomic E-state index is 12.3. The lowest BCUT2D eigenvalue weighted by molar-refractivity contribution is 0.0939. The standard InChI is InChI=1S/C17H19BrN2O2/c1-20(2)15(12-6-4-3-5-7-12)11-19-17(22)14-10-13(18)8-9-16(14)21/h3-10,15,21H,11H2,1-2H3,(H,19,22)/t15-/m1/s1. The van der Waals surface area contributed by atoms with Crippen molar-refractivity contribution in [3.63, 3.8) is 0 Å². The van der Waals surface area contributed by atoms with Crippen LogP contribution in [0.15, 0.2) is 53.0 Å². The molecule has 0 spiro atoms. The van der Waals surface area contributed by atoms with Gasteiger partial charge in [-0.15, -0.1) is 0 Å². The number of nitrogens with one attached hydrogen (secondary N) is 1. The summed E-state index contributed by atoms with van der Waals surface area (Å²) in [7, 11) is 3.95. The van der Waals surface area contributed by atoms with Crippen LogP contribution in [0.3, 0.4) is 0 Å². The molecule has 0 aliphatic carbocycles. The molecule has 0 radical (unpaired) electrons. The lowest BCUT2D eigenvalue weighted by Gasteiger charge is -2.25. The van der Waals surface area contributed by atoms with E-state index in [1.807, 2.05) is 44.4 Å². The average Bonchev–Trinajstić information content (AvgIpc) is 2.50. The first kappa shape index (κ1) is 16.5. The first-order chi connectivity index (χ1) is 10.5. The minimum absolute atomic E-state index is 0.0261. The van der Waals surface area contributed by atoms with Crippen LogP contribution < -0.4 is 5.32 Å². The number of rotatable bonds is 5.